The molecule has 0 saturated carbocycles. The summed E-state index contributed by atoms with van der Waals surface area (Å²) in [5.74, 6) is 1.40. The van der Waals surface area contributed by atoms with Crippen molar-refractivity contribution in [2.45, 2.75) is 0 Å². The van der Waals surface area contributed by atoms with E-state index in [2.05, 4.69) is 21.2 Å². The molecule has 0 unspecified atom stereocenters. The van der Waals surface area contributed by atoms with E-state index in [4.69, 9.17) is 27.4 Å². The van der Waals surface area contributed by atoms with E-state index in [1.54, 1.807) is 20.3 Å². The number of nitrogens with two attached hydrogens (primary N) is 1. The molecule has 2 rings (SSSR count). The van der Waals surface area contributed by atoms with Crippen molar-refractivity contribution in [3.63, 3.8) is 0 Å². The van der Waals surface area contributed by atoms with Crippen molar-refractivity contribution in [3.05, 3.63) is 46.4 Å². The molecule has 0 heterocycles. The van der Waals surface area contributed by atoms with Gasteiger partial charge in [-0.25, -0.2) is 0 Å². The fourth-order valence-electron chi connectivity index (χ4n) is 1.86. The Balaban J connectivity index is 2.40. The van der Waals surface area contributed by atoms with Gasteiger partial charge in [-0.1, -0.05) is 28.1 Å². The van der Waals surface area contributed by atoms with Crippen LogP contribution in [0.3, 0.4) is 0 Å². The zero-order valence-electron chi connectivity index (χ0n) is 11.6. The van der Waals surface area contributed by atoms with Gasteiger partial charge in [-0.15, -0.1) is 0 Å². The van der Waals surface area contributed by atoms with Crippen LogP contribution >= 0.6 is 28.1 Å². The maximum Gasteiger partial charge on any atom is 0.124 e. The van der Waals surface area contributed by atoms with E-state index in [1.807, 2.05) is 30.3 Å². The molecular formula is C15H15BrN2O2S. The van der Waals surface area contributed by atoms with Crippen LogP contribution in [-0.2, 0) is 0 Å². The van der Waals surface area contributed by atoms with Gasteiger partial charge in [0.25, 0.3) is 0 Å². The SMILES string of the molecule is COc1cc(Nc2ccc(Br)cc2C(N)=S)cc(OC)c1. The van der Waals surface area contributed by atoms with Gasteiger partial charge in [-0.05, 0) is 18.2 Å². The molecule has 0 spiro atoms. The van der Waals surface area contributed by atoms with Crippen molar-refractivity contribution in [2.24, 2.45) is 5.73 Å². The highest BCUT2D eigenvalue weighted by atomic mass is 79.9. The Kier molecular flexibility index (Phi) is 5.03. The second-order valence-electron chi connectivity index (χ2n) is 4.28. The summed E-state index contributed by atoms with van der Waals surface area (Å²) in [6, 6.07) is 11.2. The summed E-state index contributed by atoms with van der Waals surface area (Å²) >= 11 is 8.50. The molecule has 4 nitrogen and oxygen atoms in total. The van der Waals surface area contributed by atoms with Crippen LogP contribution in [0.25, 0.3) is 0 Å². The van der Waals surface area contributed by atoms with Crippen LogP contribution in [0.15, 0.2) is 40.9 Å². The summed E-state index contributed by atoms with van der Waals surface area (Å²) in [7, 11) is 3.22. The minimum atomic E-state index is 0.327. The molecule has 0 bridgehead atoms. The largest absolute Gasteiger partial charge is 0.497 e. The van der Waals surface area contributed by atoms with Gasteiger partial charge in [0.1, 0.15) is 16.5 Å². The minimum absolute atomic E-state index is 0.327. The van der Waals surface area contributed by atoms with Crippen LogP contribution in [0.2, 0.25) is 0 Å². The fourth-order valence-corrected chi connectivity index (χ4v) is 2.39. The Morgan fingerprint density at radius 2 is 1.71 bits per heavy atom. The normalized spacial score (nSPS) is 10.0. The second-order valence-corrected chi connectivity index (χ2v) is 5.64. The number of hydrogen-bond donors (Lipinski definition) is 2. The van der Waals surface area contributed by atoms with Crippen molar-refractivity contribution >= 4 is 44.5 Å². The molecule has 0 aliphatic carbocycles. The smallest absolute Gasteiger partial charge is 0.124 e. The Labute approximate surface area is 137 Å². The molecule has 3 N–H and O–H groups in total. The van der Waals surface area contributed by atoms with Crippen molar-refractivity contribution in [1.82, 2.24) is 0 Å². The van der Waals surface area contributed by atoms with Gasteiger partial charge in [0.15, 0.2) is 0 Å². The average molecular weight is 367 g/mol. The van der Waals surface area contributed by atoms with E-state index >= 15 is 0 Å². The molecule has 6 heteroatoms. The Morgan fingerprint density at radius 3 is 2.24 bits per heavy atom. The number of hydrogen-bond acceptors (Lipinski definition) is 4. The first-order valence-corrected chi connectivity index (χ1v) is 7.33. The minimum Gasteiger partial charge on any atom is -0.497 e. The number of nitrogens with one attached hydrogen (secondary N) is 1. The molecule has 0 aliphatic heterocycles. The average Bonchev–Trinajstić information content (AvgIpc) is 2.48. The summed E-state index contributed by atoms with van der Waals surface area (Å²) < 4.78 is 11.4. The molecule has 2 aromatic carbocycles. The molecule has 0 radical (unpaired) electrons. The van der Waals surface area contributed by atoms with Crippen LogP contribution < -0.4 is 20.5 Å². The third-order valence-corrected chi connectivity index (χ3v) is 3.59. The third kappa shape index (κ3) is 3.86. The van der Waals surface area contributed by atoms with E-state index in [1.165, 1.54) is 0 Å². The van der Waals surface area contributed by atoms with Crippen LogP contribution in [0.4, 0.5) is 11.4 Å². The number of methoxy groups -OCH3 is 2. The summed E-state index contributed by atoms with van der Waals surface area (Å²) in [4.78, 5) is 0.327. The van der Waals surface area contributed by atoms with E-state index in [-0.39, 0.29) is 0 Å². The Bertz CT molecular complexity index is 654. The monoisotopic (exact) mass is 366 g/mol. The maximum absolute atomic E-state index is 5.77. The summed E-state index contributed by atoms with van der Waals surface area (Å²) in [6.07, 6.45) is 0. The highest BCUT2D eigenvalue weighted by Gasteiger charge is 2.08. The molecule has 0 amide bonds. The number of ether oxygens (including phenoxy) is 2. The Morgan fingerprint density at radius 1 is 1.10 bits per heavy atom. The first kappa shape index (κ1) is 15.6. The molecular weight excluding hydrogens is 352 g/mol. The first-order valence-electron chi connectivity index (χ1n) is 6.13. The number of benzene rings is 2. The molecule has 110 valence electrons. The van der Waals surface area contributed by atoms with Gasteiger partial charge in [0.05, 0.1) is 14.2 Å². The lowest BCUT2D eigenvalue weighted by Gasteiger charge is -2.14. The lowest BCUT2D eigenvalue weighted by atomic mass is 10.1. The van der Waals surface area contributed by atoms with Crippen LogP contribution in [-0.4, -0.2) is 19.2 Å². The van der Waals surface area contributed by atoms with Gasteiger partial charge in [0, 0.05) is 39.6 Å². The van der Waals surface area contributed by atoms with Crippen molar-refractivity contribution in [3.8, 4) is 11.5 Å². The quantitative estimate of drug-likeness (QED) is 0.787. The molecule has 0 fully saturated rings. The molecule has 21 heavy (non-hydrogen) atoms. The topological polar surface area (TPSA) is 56.5 Å². The van der Waals surface area contributed by atoms with Gasteiger partial charge >= 0.3 is 0 Å². The summed E-state index contributed by atoms with van der Waals surface area (Å²) in [5, 5.41) is 3.28. The molecule has 0 atom stereocenters. The van der Waals surface area contributed by atoms with Crippen LogP contribution in [0.5, 0.6) is 11.5 Å². The molecule has 0 aliphatic rings. The molecule has 0 saturated heterocycles. The number of anilines is 2. The van der Waals surface area contributed by atoms with Gasteiger partial charge < -0.3 is 20.5 Å². The molecule has 2 aromatic rings. The first-order chi connectivity index (χ1) is 10.0. The zero-order valence-corrected chi connectivity index (χ0v) is 14.0. The lowest BCUT2D eigenvalue weighted by molar-refractivity contribution is 0.395. The van der Waals surface area contributed by atoms with Crippen LogP contribution in [0, 0.1) is 0 Å². The van der Waals surface area contributed by atoms with Crippen molar-refractivity contribution in [2.75, 3.05) is 19.5 Å². The number of rotatable bonds is 5. The highest BCUT2D eigenvalue weighted by molar-refractivity contribution is 9.10. The predicted molar refractivity (Wildman–Crippen MR) is 92.9 cm³/mol. The second kappa shape index (κ2) is 6.78. The molecule has 0 aromatic heterocycles. The predicted octanol–water partition coefficient (Wildman–Crippen LogP) is 3.84. The standard InChI is InChI=1S/C15H15BrN2O2S/c1-19-11-6-10(7-12(8-11)20-2)18-14-4-3-9(16)5-13(14)15(17)21/h3-8,18H,1-2H3,(H2,17,21). The van der Waals surface area contributed by atoms with Crippen molar-refractivity contribution in [1.29, 1.82) is 0 Å². The van der Waals surface area contributed by atoms with Gasteiger partial charge in [-0.2, -0.15) is 0 Å². The highest BCUT2D eigenvalue weighted by Crippen LogP contribution is 2.30. The zero-order chi connectivity index (χ0) is 15.4. The number of thiocarbonyl (C=S) groups is 1. The summed E-state index contributed by atoms with van der Waals surface area (Å²) in [6.45, 7) is 0. The summed E-state index contributed by atoms with van der Waals surface area (Å²) in [5.41, 5.74) is 8.18. The van der Waals surface area contributed by atoms with E-state index < -0.39 is 0 Å². The van der Waals surface area contributed by atoms with Crippen molar-refractivity contribution < 1.29 is 9.47 Å². The lowest BCUT2D eigenvalue weighted by Crippen LogP contribution is -2.12. The maximum atomic E-state index is 5.77. The fraction of sp³-hybridized carbons (Fsp3) is 0.133. The van der Waals surface area contributed by atoms with Gasteiger partial charge in [0.2, 0.25) is 0 Å². The van der Waals surface area contributed by atoms with Gasteiger partial charge in [-0.3, -0.25) is 0 Å². The van der Waals surface area contributed by atoms with E-state index in [9.17, 15) is 0 Å². The van der Waals surface area contributed by atoms with E-state index in [0.717, 1.165) is 21.4 Å². The van der Waals surface area contributed by atoms with E-state index in [0.29, 0.717) is 16.5 Å². The van der Waals surface area contributed by atoms with Crippen LogP contribution in [0.1, 0.15) is 5.56 Å². The third-order valence-electron chi connectivity index (χ3n) is 2.88. The Hall–Kier alpha value is -1.79. The number of halogens is 1.